The van der Waals surface area contributed by atoms with Crippen LogP contribution in [0.15, 0.2) is 64.8 Å². The molecular weight excluding hydrogens is 442 g/mol. The van der Waals surface area contributed by atoms with E-state index >= 15 is 0 Å². The zero-order chi connectivity index (χ0) is 22.8. The summed E-state index contributed by atoms with van der Waals surface area (Å²) >= 11 is 1.37. The Morgan fingerprint density at radius 3 is 2.76 bits per heavy atom. The van der Waals surface area contributed by atoms with Gasteiger partial charge in [0.05, 0.1) is 17.5 Å². The lowest BCUT2D eigenvalue weighted by molar-refractivity contribution is -0.145. The largest absolute Gasteiger partial charge is 0.482 e. The van der Waals surface area contributed by atoms with Crippen molar-refractivity contribution in [3.05, 3.63) is 76.2 Å². The number of benzene rings is 2. The maximum Gasteiger partial charge on any atom is 0.308 e. The highest BCUT2D eigenvalue weighted by atomic mass is 32.1. The number of nitrogens with zero attached hydrogens (tertiary/aromatic N) is 2. The van der Waals surface area contributed by atoms with Crippen LogP contribution >= 0.6 is 11.3 Å². The molecule has 5 rings (SSSR count). The van der Waals surface area contributed by atoms with Crippen molar-refractivity contribution in [1.29, 1.82) is 0 Å². The molecule has 9 heteroatoms. The standard InChI is InChI=1S/C24H19N3O5S/c28-20-13-31-18-9-5-4-8-17(18)27(20)11-10-21(29)32-12-19-25-23(30)22-16(14-33-24(22)26-19)15-6-2-1-3-7-15/h1-9,14H,10-13H2,(H,25,26,30). The van der Waals surface area contributed by atoms with E-state index in [0.29, 0.717) is 21.7 Å². The summed E-state index contributed by atoms with van der Waals surface area (Å²) in [5.41, 5.74) is 2.12. The van der Waals surface area contributed by atoms with Crippen molar-refractivity contribution < 1.29 is 19.1 Å². The average molecular weight is 461 g/mol. The molecule has 0 bridgehead atoms. The van der Waals surface area contributed by atoms with E-state index in [1.165, 1.54) is 16.2 Å². The van der Waals surface area contributed by atoms with Gasteiger partial charge in [0, 0.05) is 17.5 Å². The maximum atomic E-state index is 12.7. The predicted octanol–water partition coefficient (Wildman–Crippen LogP) is 3.51. The molecule has 0 saturated heterocycles. The Labute approximate surface area is 192 Å². The molecule has 0 spiro atoms. The van der Waals surface area contributed by atoms with Gasteiger partial charge in [-0.1, -0.05) is 42.5 Å². The first-order chi connectivity index (χ1) is 16.1. The number of carbonyl (C=O) groups excluding carboxylic acids is 2. The number of rotatable bonds is 6. The van der Waals surface area contributed by atoms with Gasteiger partial charge in [-0.15, -0.1) is 11.3 Å². The van der Waals surface area contributed by atoms with Crippen LogP contribution in [0.5, 0.6) is 5.75 Å². The minimum Gasteiger partial charge on any atom is -0.482 e. The minimum atomic E-state index is -0.495. The smallest absolute Gasteiger partial charge is 0.308 e. The van der Waals surface area contributed by atoms with Gasteiger partial charge < -0.3 is 19.4 Å². The lowest BCUT2D eigenvalue weighted by atomic mass is 10.1. The van der Waals surface area contributed by atoms with Crippen molar-refractivity contribution in [1.82, 2.24) is 9.97 Å². The Hall–Kier alpha value is -3.98. The summed E-state index contributed by atoms with van der Waals surface area (Å²) in [7, 11) is 0. The molecule has 0 aliphatic carbocycles. The fraction of sp³-hybridized carbons (Fsp3) is 0.167. The molecule has 0 atom stereocenters. The fourth-order valence-electron chi connectivity index (χ4n) is 3.72. The molecule has 2 aromatic heterocycles. The van der Waals surface area contributed by atoms with Crippen molar-refractivity contribution in [2.24, 2.45) is 0 Å². The van der Waals surface area contributed by atoms with E-state index in [-0.39, 0.29) is 43.5 Å². The average Bonchev–Trinajstić information content (AvgIpc) is 3.27. The first-order valence-corrected chi connectivity index (χ1v) is 11.2. The first-order valence-electron chi connectivity index (χ1n) is 10.3. The Morgan fingerprint density at radius 1 is 1.12 bits per heavy atom. The van der Waals surface area contributed by atoms with Crippen LogP contribution in [0, 0.1) is 0 Å². The molecule has 166 valence electrons. The number of para-hydroxylation sites is 2. The third-order valence-electron chi connectivity index (χ3n) is 5.30. The number of H-pyrrole nitrogens is 1. The number of esters is 1. The molecule has 1 aliphatic heterocycles. The van der Waals surface area contributed by atoms with Crippen LogP contribution in [0.25, 0.3) is 21.3 Å². The molecule has 2 aromatic carbocycles. The van der Waals surface area contributed by atoms with Gasteiger partial charge in [-0.3, -0.25) is 14.4 Å². The zero-order valence-corrected chi connectivity index (χ0v) is 18.3. The summed E-state index contributed by atoms with van der Waals surface area (Å²) in [6.45, 7) is -0.0500. The number of thiophene rings is 1. The third kappa shape index (κ3) is 4.22. The number of hydrogen-bond donors (Lipinski definition) is 1. The Bertz CT molecular complexity index is 1400. The SMILES string of the molecule is O=C(CCN1C(=O)COc2ccccc21)OCc1nc2scc(-c3ccccc3)c2c(=O)[nH]1. The van der Waals surface area contributed by atoms with Crippen LogP contribution < -0.4 is 15.2 Å². The van der Waals surface area contributed by atoms with E-state index in [4.69, 9.17) is 9.47 Å². The Balaban J connectivity index is 1.25. The lowest BCUT2D eigenvalue weighted by Crippen LogP contribution is -2.40. The van der Waals surface area contributed by atoms with Gasteiger partial charge in [0.25, 0.3) is 11.5 Å². The molecule has 0 radical (unpaired) electrons. The summed E-state index contributed by atoms with van der Waals surface area (Å²) in [6.07, 6.45) is 0.00368. The highest BCUT2D eigenvalue weighted by Gasteiger charge is 2.25. The molecule has 4 aromatic rings. The van der Waals surface area contributed by atoms with Gasteiger partial charge in [-0.25, -0.2) is 4.98 Å². The number of ether oxygens (including phenoxy) is 2. The van der Waals surface area contributed by atoms with E-state index in [9.17, 15) is 14.4 Å². The predicted molar refractivity (Wildman–Crippen MR) is 124 cm³/mol. The second kappa shape index (κ2) is 8.87. The quantitative estimate of drug-likeness (QED) is 0.441. The molecule has 8 nitrogen and oxygen atoms in total. The van der Waals surface area contributed by atoms with Gasteiger partial charge >= 0.3 is 5.97 Å². The molecule has 0 unspecified atom stereocenters. The number of fused-ring (bicyclic) bond motifs is 2. The Morgan fingerprint density at radius 2 is 1.91 bits per heavy atom. The summed E-state index contributed by atoms with van der Waals surface area (Å²) in [5, 5.41) is 2.42. The van der Waals surface area contributed by atoms with Gasteiger partial charge in [0.1, 0.15) is 23.0 Å². The van der Waals surface area contributed by atoms with Crippen LogP contribution in [0.2, 0.25) is 0 Å². The van der Waals surface area contributed by atoms with Crippen LogP contribution in [-0.2, 0) is 20.9 Å². The van der Waals surface area contributed by atoms with E-state index < -0.39 is 5.97 Å². The second-order valence-corrected chi connectivity index (χ2v) is 8.28. The first kappa shape index (κ1) is 20.9. The number of aromatic amines is 1. The number of anilines is 1. The normalized spacial score (nSPS) is 13.0. The summed E-state index contributed by atoms with van der Waals surface area (Å²) in [5.74, 6) is 0.164. The third-order valence-corrected chi connectivity index (χ3v) is 6.17. The summed E-state index contributed by atoms with van der Waals surface area (Å²) in [6, 6.07) is 16.8. The monoisotopic (exact) mass is 461 g/mol. The van der Waals surface area contributed by atoms with Crippen molar-refractivity contribution in [3.8, 4) is 16.9 Å². The van der Waals surface area contributed by atoms with Crippen molar-refractivity contribution in [2.75, 3.05) is 18.1 Å². The number of amides is 1. The Kier molecular flexibility index (Phi) is 5.62. The van der Waals surface area contributed by atoms with Crippen LogP contribution in [0.1, 0.15) is 12.2 Å². The second-order valence-electron chi connectivity index (χ2n) is 7.42. The molecule has 3 heterocycles. The van der Waals surface area contributed by atoms with Crippen molar-refractivity contribution in [2.45, 2.75) is 13.0 Å². The van der Waals surface area contributed by atoms with Crippen molar-refractivity contribution in [3.63, 3.8) is 0 Å². The van der Waals surface area contributed by atoms with E-state index in [1.807, 2.05) is 41.8 Å². The van der Waals surface area contributed by atoms with E-state index in [1.54, 1.807) is 18.2 Å². The van der Waals surface area contributed by atoms with Gasteiger partial charge in [0.15, 0.2) is 6.61 Å². The fourth-order valence-corrected chi connectivity index (χ4v) is 4.68. The number of carbonyl (C=O) groups is 2. The van der Waals surface area contributed by atoms with Crippen LogP contribution in [-0.4, -0.2) is 35.0 Å². The molecule has 1 N–H and O–H groups in total. The number of aromatic nitrogens is 2. The van der Waals surface area contributed by atoms with Crippen LogP contribution in [0.3, 0.4) is 0 Å². The highest BCUT2D eigenvalue weighted by Crippen LogP contribution is 2.32. The number of hydrogen-bond acceptors (Lipinski definition) is 7. The zero-order valence-electron chi connectivity index (χ0n) is 17.4. The number of nitrogens with one attached hydrogen (secondary N) is 1. The van der Waals surface area contributed by atoms with Gasteiger partial charge in [-0.05, 0) is 17.7 Å². The molecule has 0 fully saturated rings. The van der Waals surface area contributed by atoms with Crippen LogP contribution in [0.4, 0.5) is 5.69 Å². The lowest BCUT2D eigenvalue weighted by Gasteiger charge is -2.28. The van der Waals surface area contributed by atoms with Gasteiger partial charge in [-0.2, -0.15) is 0 Å². The van der Waals surface area contributed by atoms with Gasteiger partial charge in [0.2, 0.25) is 0 Å². The van der Waals surface area contributed by atoms with E-state index in [2.05, 4.69) is 9.97 Å². The molecular formula is C24H19N3O5S. The molecule has 0 saturated carbocycles. The summed E-state index contributed by atoms with van der Waals surface area (Å²) in [4.78, 5) is 46.5. The highest BCUT2D eigenvalue weighted by molar-refractivity contribution is 7.17. The van der Waals surface area contributed by atoms with E-state index in [0.717, 1.165) is 11.1 Å². The topological polar surface area (TPSA) is 102 Å². The van der Waals surface area contributed by atoms with Crippen molar-refractivity contribution >= 4 is 39.1 Å². The molecule has 33 heavy (non-hydrogen) atoms. The molecule has 1 aliphatic rings. The maximum absolute atomic E-state index is 12.7. The minimum absolute atomic E-state index is 0.00368. The summed E-state index contributed by atoms with van der Waals surface area (Å²) < 4.78 is 10.7. The molecule has 1 amide bonds.